The third kappa shape index (κ3) is 2.98. The van der Waals surface area contributed by atoms with Crippen LogP contribution in [0.2, 0.25) is 0 Å². The van der Waals surface area contributed by atoms with Crippen molar-refractivity contribution in [3.05, 3.63) is 16.3 Å². The Morgan fingerprint density at radius 3 is 2.94 bits per heavy atom. The summed E-state index contributed by atoms with van der Waals surface area (Å²) in [5.41, 5.74) is 0. The number of hydrogen-bond donors (Lipinski definition) is 2. The number of methoxy groups -OCH3 is 1. The summed E-state index contributed by atoms with van der Waals surface area (Å²) < 4.78 is 5.04. The number of amides is 1. The molecule has 1 aliphatic rings. The highest BCUT2D eigenvalue weighted by atomic mass is 32.1. The fourth-order valence-electron chi connectivity index (χ4n) is 2.06. The lowest BCUT2D eigenvalue weighted by Gasteiger charge is -2.28. The molecule has 4 nitrogen and oxygen atoms in total. The van der Waals surface area contributed by atoms with Gasteiger partial charge in [0.2, 0.25) is 0 Å². The largest absolute Gasteiger partial charge is 0.496 e. The van der Waals surface area contributed by atoms with Gasteiger partial charge in [-0.1, -0.05) is 12.8 Å². The number of thiophene rings is 1. The van der Waals surface area contributed by atoms with Crippen molar-refractivity contribution in [2.45, 2.75) is 37.8 Å². The molecule has 1 aliphatic carbocycles. The Morgan fingerprint density at radius 1 is 1.53 bits per heavy atom. The van der Waals surface area contributed by atoms with Gasteiger partial charge >= 0.3 is 0 Å². The summed E-state index contributed by atoms with van der Waals surface area (Å²) in [5, 5.41) is 14.5. The third-order valence-electron chi connectivity index (χ3n) is 3.08. The van der Waals surface area contributed by atoms with Gasteiger partial charge in [-0.05, 0) is 12.8 Å². The summed E-state index contributed by atoms with van der Waals surface area (Å²) in [6.07, 6.45) is 3.33. The topological polar surface area (TPSA) is 58.6 Å². The van der Waals surface area contributed by atoms with Crippen molar-refractivity contribution >= 4 is 17.2 Å². The Morgan fingerprint density at radius 2 is 2.29 bits per heavy atom. The van der Waals surface area contributed by atoms with Gasteiger partial charge in [0.1, 0.15) is 5.75 Å². The zero-order valence-electron chi connectivity index (χ0n) is 9.81. The normalized spacial score (nSPS) is 24.4. The zero-order valence-corrected chi connectivity index (χ0v) is 10.6. The summed E-state index contributed by atoms with van der Waals surface area (Å²) in [6, 6.07) is 1.61. The molecule has 1 aromatic rings. The number of aliphatic hydroxyl groups is 1. The molecule has 1 heterocycles. The molecule has 0 saturated heterocycles. The number of aliphatic hydroxyl groups excluding tert-OH is 1. The molecule has 2 rings (SSSR count). The van der Waals surface area contributed by atoms with Gasteiger partial charge in [-0.15, -0.1) is 11.3 Å². The van der Waals surface area contributed by atoms with E-state index in [-0.39, 0.29) is 11.9 Å². The fourth-order valence-corrected chi connectivity index (χ4v) is 2.82. The molecule has 17 heavy (non-hydrogen) atoms. The Labute approximate surface area is 105 Å². The number of hydrogen-bond acceptors (Lipinski definition) is 4. The Balaban J connectivity index is 1.96. The lowest BCUT2D eigenvalue weighted by Crippen LogP contribution is -2.44. The van der Waals surface area contributed by atoms with Crippen LogP contribution in [0.5, 0.6) is 5.75 Å². The summed E-state index contributed by atoms with van der Waals surface area (Å²) in [7, 11) is 1.58. The highest BCUT2D eigenvalue weighted by Crippen LogP contribution is 2.23. The van der Waals surface area contributed by atoms with Crippen LogP contribution >= 0.6 is 11.3 Å². The first-order chi connectivity index (χ1) is 8.20. The quantitative estimate of drug-likeness (QED) is 0.865. The van der Waals surface area contributed by atoms with Crippen LogP contribution in [0.15, 0.2) is 11.4 Å². The molecular formula is C12H17NO3S. The predicted octanol–water partition coefficient (Wildman–Crippen LogP) is 1.79. The number of carbonyl (C=O) groups excluding carboxylic acids is 1. The number of nitrogens with one attached hydrogen (secondary N) is 1. The van der Waals surface area contributed by atoms with Crippen molar-refractivity contribution in [2.75, 3.05) is 7.11 Å². The van der Waals surface area contributed by atoms with Crippen LogP contribution in [0.1, 0.15) is 35.4 Å². The van der Waals surface area contributed by atoms with Gasteiger partial charge in [0.05, 0.1) is 24.1 Å². The van der Waals surface area contributed by atoms with E-state index in [0.29, 0.717) is 10.6 Å². The number of rotatable bonds is 3. The first-order valence-corrected chi connectivity index (χ1v) is 6.70. The Hall–Kier alpha value is -1.07. The second kappa shape index (κ2) is 5.51. The third-order valence-corrected chi connectivity index (χ3v) is 3.99. The lowest BCUT2D eigenvalue weighted by atomic mass is 9.92. The molecular weight excluding hydrogens is 238 g/mol. The van der Waals surface area contributed by atoms with E-state index in [9.17, 15) is 9.90 Å². The first-order valence-electron chi connectivity index (χ1n) is 5.82. The monoisotopic (exact) mass is 255 g/mol. The van der Waals surface area contributed by atoms with E-state index < -0.39 is 6.10 Å². The van der Waals surface area contributed by atoms with Crippen LogP contribution in [0.3, 0.4) is 0 Å². The van der Waals surface area contributed by atoms with E-state index in [2.05, 4.69) is 5.32 Å². The van der Waals surface area contributed by atoms with Gasteiger partial charge in [-0.25, -0.2) is 0 Å². The maximum Gasteiger partial charge on any atom is 0.261 e. The molecule has 2 N–H and O–H groups in total. The summed E-state index contributed by atoms with van der Waals surface area (Å²) in [5.74, 6) is 0.577. The van der Waals surface area contributed by atoms with Gasteiger partial charge in [-0.2, -0.15) is 0 Å². The minimum absolute atomic E-state index is 0.107. The maximum atomic E-state index is 11.9. The molecule has 0 unspecified atom stereocenters. The van der Waals surface area contributed by atoms with Crippen LogP contribution < -0.4 is 10.1 Å². The van der Waals surface area contributed by atoms with Crippen LogP contribution in [-0.2, 0) is 0 Å². The van der Waals surface area contributed by atoms with E-state index in [1.54, 1.807) is 18.6 Å². The van der Waals surface area contributed by atoms with Gasteiger partial charge in [0, 0.05) is 11.4 Å². The highest BCUT2D eigenvalue weighted by Gasteiger charge is 2.25. The van der Waals surface area contributed by atoms with Crippen molar-refractivity contribution in [1.29, 1.82) is 0 Å². The average molecular weight is 255 g/mol. The van der Waals surface area contributed by atoms with Crippen LogP contribution in [0, 0.1) is 0 Å². The van der Waals surface area contributed by atoms with Crippen LogP contribution in [0.25, 0.3) is 0 Å². The van der Waals surface area contributed by atoms with Crippen molar-refractivity contribution in [3.8, 4) is 5.75 Å². The average Bonchev–Trinajstić information content (AvgIpc) is 2.81. The molecule has 5 heteroatoms. The minimum Gasteiger partial charge on any atom is -0.496 e. The van der Waals surface area contributed by atoms with E-state index >= 15 is 0 Å². The van der Waals surface area contributed by atoms with Gasteiger partial charge in [-0.3, -0.25) is 4.79 Å². The van der Waals surface area contributed by atoms with Crippen molar-refractivity contribution in [2.24, 2.45) is 0 Å². The molecule has 1 fully saturated rings. The Bertz CT molecular complexity index is 391. The van der Waals surface area contributed by atoms with Gasteiger partial charge < -0.3 is 15.2 Å². The first kappa shape index (κ1) is 12.4. The standard InChI is InChI=1S/C12H17NO3S/c1-16-8-6-11(17-7-8)12(15)13-9-4-2-3-5-10(9)14/h6-7,9-10,14H,2-5H2,1H3,(H,13,15)/t9-,10-/m1/s1. The van der Waals surface area contributed by atoms with E-state index in [0.717, 1.165) is 25.7 Å². The molecule has 0 spiro atoms. The van der Waals surface area contributed by atoms with Crippen LogP contribution in [-0.4, -0.2) is 30.3 Å². The van der Waals surface area contributed by atoms with Gasteiger partial charge in [0.25, 0.3) is 5.91 Å². The maximum absolute atomic E-state index is 11.9. The van der Waals surface area contributed by atoms with Crippen molar-refractivity contribution in [3.63, 3.8) is 0 Å². The van der Waals surface area contributed by atoms with Gasteiger partial charge in [0.15, 0.2) is 0 Å². The Kier molecular flexibility index (Phi) is 4.02. The second-order valence-electron chi connectivity index (χ2n) is 4.28. The smallest absolute Gasteiger partial charge is 0.261 e. The van der Waals surface area contributed by atoms with E-state index in [1.165, 1.54) is 11.3 Å². The fraction of sp³-hybridized carbons (Fsp3) is 0.583. The minimum atomic E-state index is -0.408. The molecule has 0 radical (unpaired) electrons. The van der Waals surface area contributed by atoms with Crippen molar-refractivity contribution < 1.29 is 14.6 Å². The molecule has 2 atom stereocenters. The summed E-state index contributed by atoms with van der Waals surface area (Å²) in [4.78, 5) is 12.5. The second-order valence-corrected chi connectivity index (χ2v) is 5.19. The molecule has 94 valence electrons. The van der Waals surface area contributed by atoms with Crippen LogP contribution in [0.4, 0.5) is 0 Å². The molecule has 1 aromatic heterocycles. The number of carbonyl (C=O) groups is 1. The molecule has 0 aromatic carbocycles. The molecule has 1 saturated carbocycles. The predicted molar refractivity (Wildman–Crippen MR) is 66.6 cm³/mol. The SMILES string of the molecule is COc1csc(C(=O)N[C@@H]2CCCC[C@H]2O)c1. The molecule has 0 bridgehead atoms. The molecule has 1 amide bonds. The summed E-state index contributed by atoms with van der Waals surface area (Å²) >= 11 is 1.35. The van der Waals surface area contributed by atoms with E-state index in [4.69, 9.17) is 4.74 Å². The number of ether oxygens (including phenoxy) is 1. The highest BCUT2D eigenvalue weighted by molar-refractivity contribution is 7.12. The van der Waals surface area contributed by atoms with Crippen molar-refractivity contribution in [1.82, 2.24) is 5.32 Å². The van der Waals surface area contributed by atoms with E-state index in [1.807, 2.05) is 0 Å². The summed E-state index contributed by atoms with van der Waals surface area (Å²) in [6.45, 7) is 0. The molecule has 0 aliphatic heterocycles. The lowest BCUT2D eigenvalue weighted by molar-refractivity contribution is 0.0720. The zero-order chi connectivity index (χ0) is 12.3.